The van der Waals surface area contributed by atoms with Crippen LogP contribution in [0.2, 0.25) is 0 Å². The highest BCUT2D eigenvalue weighted by atomic mass is 19.1. The molecule has 16 heavy (non-hydrogen) atoms. The van der Waals surface area contributed by atoms with Crippen molar-refractivity contribution in [2.75, 3.05) is 0 Å². The molecule has 0 aliphatic carbocycles. The molecule has 1 heterocycles. The Labute approximate surface area is 97.1 Å². The van der Waals surface area contributed by atoms with E-state index in [4.69, 9.17) is 0 Å². The molecule has 1 fully saturated rings. The van der Waals surface area contributed by atoms with Crippen LogP contribution in [-0.2, 0) is 0 Å². The predicted octanol–water partition coefficient (Wildman–Crippen LogP) is 3.38. The Morgan fingerprint density at radius 2 is 2.19 bits per heavy atom. The maximum absolute atomic E-state index is 13.3. The minimum Gasteiger partial charge on any atom is -0.311 e. The summed E-state index contributed by atoms with van der Waals surface area (Å²) in [7, 11) is 0. The van der Waals surface area contributed by atoms with Crippen LogP contribution in [0.3, 0.4) is 0 Å². The summed E-state index contributed by atoms with van der Waals surface area (Å²) in [5, 5.41) is 3.58. The number of benzene rings is 1. The molecule has 0 radical (unpaired) electrons. The monoisotopic (exact) mass is 221 g/mol. The number of hydrogen-bond acceptors (Lipinski definition) is 1. The molecule has 0 saturated carbocycles. The summed E-state index contributed by atoms with van der Waals surface area (Å²) in [4.78, 5) is 0. The van der Waals surface area contributed by atoms with Crippen LogP contribution in [0.25, 0.3) is 0 Å². The van der Waals surface area contributed by atoms with Crippen molar-refractivity contribution < 1.29 is 4.39 Å². The molecule has 2 rings (SSSR count). The molecular weight excluding hydrogens is 201 g/mol. The van der Waals surface area contributed by atoms with Crippen molar-refractivity contribution in [2.24, 2.45) is 0 Å². The number of nitrogens with one attached hydrogen (secondary N) is 1. The van der Waals surface area contributed by atoms with Gasteiger partial charge in [-0.15, -0.1) is 0 Å². The standard InChI is InChI=1S/C14H20FN/c1-4-14-13(7-10(3)16-14)12-8-11(15)6-5-9(12)2/h5-6,8,10,13-14,16H,4,7H2,1-3H3. The highest BCUT2D eigenvalue weighted by Gasteiger charge is 2.31. The third kappa shape index (κ3) is 2.12. The summed E-state index contributed by atoms with van der Waals surface area (Å²) in [5.41, 5.74) is 2.39. The van der Waals surface area contributed by atoms with Crippen LogP contribution in [0.5, 0.6) is 0 Å². The normalized spacial score (nSPS) is 29.6. The van der Waals surface area contributed by atoms with E-state index in [0.29, 0.717) is 18.0 Å². The van der Waals surface area contributed by atoms with E-state index in [0.717, 1.165) is 12.8 Å². The molecule has 0 amide bonds. The lowest BCUT2D eigenvalue weighted by Gasteiger charge is -2.20. The molecule has 0 bridgehead atoms. The molecule has 1 N–H and O–H groups in total. The molecule has 0 aromatic heterocycles. The molecule has 1 saturated heterocycles. The van der Waals surface area contributed by atoms with Crippen molar-refractivity contribution in [3.63, 3.8) is 0 Å². The van der Waals surface area contributed by atoms with Crippen LogP contribution in [-0.4, -0.2) is 12.1 Å². The zero-order valence-electron chi connectivity index (χ0n) is 10.3. The molecule has 3 unspecified atom stereocenters. The van der Waals surface area contributed by atoms with E-state index >= 15 is 0 Å². The largest absolute Gasteiger partial charge is 0.311 e. The molecule has 1 aromatic carbocycles. The van der Waals surface area contributed by atoms with Crippen molar-refractivity contribution in [1.82, 2.24) is 5.32 Å². The van der Waals surface area contributed by atoms with Gasteiger partial charge in [0.15, 0.2) is 0 Å². The molecule has 2 heteroatoms. The molecule has 88 valence electrons. The number of rotatable bonds is 2. The Bertz CT molecular complexity index is 375. The van der Waals surface area contributed by atoms with Gasteiger partial charge in [0.1, 0.15) is 5.82 Å². The van der Waals surface area contributed by atoms with Gasteiger partial charge < -0.3 is 5.32 Å². The first kappa shape index (κ1) is 11.6. The fourth-order valence-corrected chi connectivity index (χ4v) is 2.85. The summed E-state index contributed by atoms with van der Waals surface area (Å²) in [5.74, 6) is 0.353. The van der Waals surface area contributed by atoms with E-state index in [1.807, 2.05) is 6.07 Å². The summed E-state index contributed by atoms with van der Waals surface area (Å²) in [6.07, 6.45) is 2.22. The number of aryl methyl sites for hydroxylation is 1. The lowest BCUT2D eigenvalue weighted by molar-refractivity contribution is 0.514. The molecule has 3 atom stereocenters. The van der Waals surface area contributed by atoms with Gasteiger partial charge >= 0.3 is 0 Å². The smallest absolute Gasteiger partial charge is 0.123 e. The summed E-state index contributed by atoms with van der Waals surface area (Å²) in [6, 6.07) is 6.18. The van der Waals surface area contributed by atoms with E-state index < -0.39 is 0 Å². The minimum atomic E-state index is -0.116. The maximum atomic E-state index is 13.3. The average molecular weight is 221 g/mol. The topological polar surface area (TPSA) is 12.0 Å². The zero-order valence-corrected chi connectivity index (χ0v) is 10.3. The number of halogens is 1. The average Bonchev–Trinajstić information content (AvgIpc) is 2.63. The van der Waals surface area contributed by atoms with Crippen molar-refractivity contribution in [3.8, 4) is 0 Å². The Kier molecular flexibility index (Phi) is 3.29. The number of hydrogen-bond donors (Lipinski definition) is 1. The minimum absolute atomic E-state index is 0.116. The van der Waals surface area contributed by atoms with Gasteiger partial charge in [0.05, 0.1) is 0 Å². The Morgan fingerprint density at radius 3 is 2.88 bits per heavy atom. The van der Waals surface area contributed by atoms with Gasteiger partial charge in [0, 0.05) is 18.0 Å². The second-order valence-electron chi connectivity index (χ2n) is 4.93. The first-order valence-corrected chi connectivity index (χ1v) is 6.14. The molecule has 1 aliphatic heterocycles. The fourth-order valence-electron chi connectivity index (χ4n) is 2.85. The van der Waals surface area contributed by atoms with Gasteiger partial charge in [-0.05, 0) is 49.9 Å². The van der Waals surface area contributed by atoms with Crippen LogP contribution < -0.4 is 5.32 Å². The van der Waals surface area contributed by atoms with Gasteiger partial charge in [-0.25, -0.2) is 4.39 Å². The van der Waals surface area contributed by atoms with Crippen LogP contribution in [0.4, 0.5) is 4.39 Å². The van der Waals surface area contributed by atoms with E-state index in [-0.39, 0.29) is 5.82 Å². The van der Waals surface area contributed by atoms with Crippen molar-refractivity contribution in [3.05, 3.63) is 35.1 Å². The molecular formula is C14H20FN. The Balaban J connectivity index is 2.32. The van der Waals surface area contributed by atoms with E-state index in [9.17, 15) is 4.39 Å². The van der Waals surface area contributed by atoms with Gasteiger partial charge in [-0.1, -0.05) is 13.0 Å². The quantitative estimate of drug-likeness (QED) is 0.807. The summed E-state index contributed by atoms with van der Waals surface area (Å²) in [6.45, 7) is 6.47. The molecule has 0 spiro atoms. The lowest BCUT2D eigenvalue weighted by atomic mass is 9.87. The van der Waals surface area contributed by atoms with Crippen LogP contribution in [0, 0.1) is 12.7 Å². The van der Waals surface area contributed by atoms with Gasteiger partial charge in [0.2, 0.25) is 0 Å². The van der Waals surface area contributed by atoms with E-state index in [1.165, 1.54) is 11.1 Å². The first-order valence-electron chi connectivity index (χ1n) is 6.14. The summed E-state index contributed by atoms with van der Waals surface area (Å²) >= 11 is 0. The predicted molar refractivity (Wildman–Crippen MR) is 65.2 cm³/mol. The van der Waals surface area contributed by atoms with Crippen LogP contribution in [0.15, 0.2) is 18.2 Å². The molecule has 1 nitrogen and oxygen atoms in total. The third-order valence-corrected chi connectivity index (χ3v) is 3.67. The second kappa shape index (κ2) is 4.54. The van der Waals surface area contributed by atoms with Crippen molar-refractivity contribution in [1.29, 1.82) is 0 Å². The van der Waals surface area contributed by atoms with E-state index in [2.05, 4.69) is 26.1 Å². The molecule has 1 aromatic rings. The van der Waals surface area contributed by atoms with Crippen LogP contribution in [0.1, 0.15) is 43.7 Å². The molecule has 1 aliphatic rings. The van der Waals surface area contributed by atoms with E-state index in [1.54, 1.807) is 12.1 Å². The SMILES string of the molecule is CCC1NC(C)CC1c1cc(F)ccc1C. The summed E-state index contributed by atoms with van der Waals surface area (Å²) < 4.78 is 13.3. The second-order valence-corrected chi connectivity index (χ2v) is 4.93. The lowest BCUT2D eigenvalue weighted by Crippen LogP contribution is -2.28. The zero-order chi connectivity index (χ0) is 11.7. The highest BCUT2D eigenvalue weighted by molar-refractivity contribution is 5.32. The van der Waals surface area contributed by atoms with Gasteiger partial charge in [0.25, 0.3) is 0 Å². The Morgan fingerprint density at radius 1 is 1.44 bits per heavy atom. The first-order chi connectivity index (χ1) is 7.61. The van der Waals surface area contributed by atoms with Gasteiger partial charge in [-0.2, -0.15) is 0 Å². The Hall–Kier alpha value is -0.890. The maximum Gasteiger partial charge on any atom is 0.123 e. The third-order valence-electron chi connectivity index (χ3n) is 3.67. The fraction of sp³-hybridized carbons (Fsp3) is 0.571. The van der Waals surface area contributed by atoms with Crippen molar-refractivity contribution in [2.45, 2.75) is 51.6 Å². The highest BCUT2D eigenvalue weighted by Crippen LogP contribution is 2.34. The van der Waals surface area contributed by atoms with Crippen LogP contribution >= 0.6 is 0 Å². The van der Waals surface area contributed by atoms with Crippen molar-refractivity contribution >= 4 is 0 Å². The van der Waals surface area contributed by atoms with Gasteiger partial charge in [-0.3, -0.25) is 0 Å².